The Morgan fingerprint density at radius 3 is 2.79 bits per heavy atom. The van der Waals surface area contributed by atoms with Crippen LogP contribution in [0.15, 0.2) is 22.7 Å². The van der Waals surface area contributed by atoms with Crippen molar-refractivity contribution in [2.45, 2.75) is 12.3 Å². The molecule has 0 bridgehead atoms. The fourth-order valence-electron chi connectivity index (χ4n) is 1.71. The minimum Gasteiger partial charge on any atom is -0.316 e. The lowest BCUT2D eigenvalue weighted by atomic mass is 9.99. The number of hydrogen-bond donors (Lipinski definition) is 1. The highest BCUT2D eigenvalue weighted by Crippen LogP contribution is 2.25. The van der Waals surface area contributed by atoms with E-state index in [0.717, 1.165) is 25.1 Å². The molecule has 1 aliphatic heterocycles. The van der Waals surface area contributed by atoms with Crippen LogP contribution in [0.3, 0.4) is 0 Å². The van der Waals surface area contributed by atoms with Crippen molar-refractivity contribution >= 4 is 28.3 Å². The van der Waals surface area contributed by atoms with Crippen LogP contribution in [0.2, 0.25) is 0 Å². The van der Waals surface area contributed by atoms with Crippen LogP contribution >= 0.6 is 28.3 Å². The Morgan fingerprint density at radius 2 is 2.21 bits per heavy atom. The van der Waals surface area contributed by atoms with Crippen LogP contribution in [0.4, 0.5) is 4.39 Å². The molecule has 14 heavy (non-hydrogen) atoms. The Hall–Kier alpha value is -0.120. The molecule has 1 aromatic carbocycles. The zero-order valence-electron chi connectivity index (χ0n) is 7.59. The van der Waals surface area contributed by atoms with Gasteiger partial charge >= 0.3 is 0 Å². The summed E-state index contributed by atoms with van der Waals surface area (Å²) in [5.41, 5.74) is 1.10. The Morgan fingerprint density at radius 1 is 1.43 bits per heavy atom. The van der Waals surface area contributed by atoms with Crippen molar-refractivity contribution in [3.8, 4) is 0 Å². The Balaban J connectivity index is 0.000000980. The molecule has 1 aromatic rings. The van der Waals surface area contributed by atoms with Gasteiger partial charge in [-0.1, -0.05) is 6.07 Å². The van der Waals surface area contributed by atoms with Gasteiger partial charge in [0, 0.05) is 6.54 Å². The molecule has 1 fully saturated rings. The third-order valence-corrected chi connectivity index (χ3v) is 3.12. The minimum atomic E-state index is -0.163. The van der Waals surface area contributed by atoms with E-state index in [2.05, 4.69) is 21.2 Å². The summed E-state index contributed by atoms with van der Waals surface area (Å²) in [7, 11) is 0. The van der Waals surface area contributed by atoms with E-state index in [0.29, 0.717) is 10.4 Å². The maximum Gasteiger partial charge on any atom is 0.137 e. The quantitative estimate of drug-likeness (QED) is 0.833. The highest BCUT2D eigenvalue weighted by Gasteiger charge is 2.17. The fraction of sp³-hybridized carbons (Fsp3) is 0.400. The molecule has 1 atom stereocenters. The number of rotatable bonds is 1. The molecule has 1 aliphatic rings. The predicted octanol–water partition coefficient (Wildman–Crippen LogP) is 3.09. The molecule has 1 saturated heterocycles. The topological polar surface area (TPSA) is 12.0 Å². The van der Waals surface area contributed by atoms with Gasteiger partial charge in [0.1, 0.15) is 5.82 Å². The molecule has 0 radical (unpaired) electrons. The molecule has 1 nitrogen and oxygen atoms in total. The summed E-state index contributed by atoms with van der Waals surface area (Å²) < 4.78 is 13.7. The first-order valence-electron chi connectivity index (χ1n) is 4.43. The highest BCUT2D eigenvalue weighted by atomic mass is 79.9. The van der Waals surface area contributed by atoms with E-state index >= 15 is 0 Å². The first kappa shape index (κ1) is 12.0. The molecule has 0 aliphatic carbocycles. The average Bonchev–Trinajstić information content (AvgIpc) is 2.62. The van der Waals surface area contributed by atoms with Gasteiger partial charge in [0.2, 0.25) is 0 Å². The largest absolute Gasteiger partial charge is 0.316 e. The van der Waals surface area contributed by atoms with E-state index in [9.17, 15) is 4.39 Å². The van der Waals surface area contributed by atoms with E-state index in [1.165, 1.54) is 0 Å². The second-order valence-corrected chi connectivity index (χ2v) is 4.22. The molecule has 0 spiro atoms. The van der Waals surface area contributed by atoms with Crippen molar-refractivity contribution in [3.05, 3.63) is 34.1 Å². The Kier molecular flexibility index (Phi) is 4.35. The third-order valence-electron chi connectivity index (χ3n) is 2.48. The summed E-state index contributed by atoms with van der Waals surface area (Å²) in [6.07, 6.45) is 1.11. The van der Waals surface area contributed by atoms with Gasteiger partial charge in [0.05, 0.1) is 4.47 Å². The second kappa shape index (κ2) is 5.10. The molecule has 1 heterocycles. The standard InChI is InChI=1S/C10H11BrFN.ClH/c11-9-2-1-7(5-10(9)12)8-3-4-13-6-8;/h1-2,5,8,13H,3-4,6H2;1H. The van der Waals surface area contributed by atoms with Crippen LogP contribution in [-0.2, 0) is 0 Å². The molecule has 2 rings (SSSR count). The molecule has 4 heteroatoms. The molecular formula is C10H12BrClFN. The maximum atomic E-state index is 13.2. The van der Waals surface area contributed by atoms with Gasteiger partial charge in [-0.05, 0) is 52.5 Å². The molecule has 78 valence electrons. The number of halogens is 3. The van der Waals surface area contributed by atoms with Gasteiger partial charge in [0.15, 0.2) is 0 Å². The van der Waals surface area contributed by atoms with Crippen molar-refractivity contribution < 1.29 is 4.39 Å². The summed E-state index contributed by atoms with van der Waals surface area (Å²) >= 11 is 3.15. The molecular weight excluding hydrogens is 268 g/mol. The zero-order chi connectivity index (χ0) is 9.26. The minimum absolute atomic E-state index is 0. The molecule has 1 N–H and O–H groups in total. The van der Waals surface area contributed by atoms with Crippen LogP contribution in [0.25, 0.3) is 0 Å². The molecule has 1 unspecified atom stereocenters. The van der Waals surface area contributed by atoms with E-state index in [4.69, 9.17) is 0 Å². The van der Waals surface area contributed by atoms with Crippen LogP contribution in [0.1, 0.15) is 17.9 Å². The van der Waals surface area contributed by atoms with Crippen molar-refractivity contribution in [3.63, 3.8) is 0 Å². The smallest absolute Gasteiger partial charge is 0.137 e. The fourth-order valence-corrected chi connectivity index (χ4v) is 1.95. The summed E-state index contributed by atoms with van der Waals surface area (Å²) in [5, 5.41) is 3.27. The van der Waals surface area contributed by atoms with E-state index in [1.54, 1.807) is 12.1 Å². The van der Waals surface area contributed by atoms with E-state index in [-0.39, 0.29) is 18.2 Å². The van der Waals surface area contributed by atoms with Crippen molar-refractivity contribution in [2.75, 3.05) is 13.1 Å². The zero-order valence-corrected chi connectivity index (χ0v) is 10.00. The normalized spacial score (nSPS) is 20.6. The first-order chi connectivity index (χ1) is 6.27. The van der Waals surface area contributed by atoms with Gasteiger partial charge in [0.25, 0.3) is 0 Å². The van der Waals surface area contributed by atoms with Gasteiger partial charge in [-0.2, -0.15) is 0 Å². The monoisotopic (exact) mass is 279 g/mol. The number of nitrogens with one attached hydrogen (secondary N) is 1. The molecule has 0 aromatic heterocycles. The summed E-state index contributed by atoms with van der Waals surface area (Å²) in [4.78, 5) is 0. The lowest BCUT2D eigenvalue weighted by Gasteiger charge is -2.08. The van der Waals surface area contributed by atoms with Gasteiger partial charge in [-0.3, -0.25) is 0 Å². The van der Waals surface area contributed by atoms with Crippen molar-refractivity contribution in [1.29, 1.82) is 0 Å². The molecule has 0 amide bonds. The van der Waals surface area contributed by atoms with Crippen LogP contribution in [-0.4, -0.2) is 13.1 Å². The Labute approximate surface area is 97.6 Å². The van der Waals surface area contributed by atoms with Crippen molar-refractivity contribution in [1.82, 2.24) is 5.32 Å². The summed E-state index contributed by atoms with van der Waals surface area (Å²) in [6, 6.07) is 5.40. The maximum absolute atomic E-state index is 13.2. The van der Waals surface area contributed by atoms with Gasteiger partial charge in [-0.15, -0.1) is 12.4 Å². The summed E-state index contributed by atoms with van der Waals surface area (Å²) in [6.45, 7) is 2.02. The Bertz CT molecular complexity index is 313. The third kappa shape index (κ3) is 2.47. The van der Waals surface area contributed by atoms with Crippen LogP contribution in [0, 0.1) is 5.82 Å². The average molecular weight is 281 g/mol. The van der Waals surface area contributed by atoms with Gasteiger partial charge in [-0.25, -0.2) is 4.39 Å². The number of benzene rings is 1. The SMILES string of the molecule is Cl.Fc1cc(C2CCNC2)ccc1Br. The predicted molar refractivity (Wildman–Crippen MR) is 61.6 cm³/mol. The second-order valence-electron chi connectivity index (χ2n) is 3.36. The van der Waals surface area contributed by atoms with E-state index < -0.39 is 0 Å². The number of hydrogen-bond acceptors (Lipinski definition) is 1. The van der Waals surface area contributed by atoms with Crippen molar-refractivity contribution in [2.24, 2.45) is 0 Å². The van der Waals surface area contributed by atoms with Crippen LogP contribution < -0.4 is 5.32 Å². The molecule has 0 saturated carbocycles. The lowest BCUT2D eigenvalue weighted by Crippen LogP contribution is -2.08. The first-order valence-corrected chi connectivity index (χ1v) is 5.22. The highest BCUT2D eigenvalue weighted by molar-refractivity contribution is 9.10. The van der Waals surface area contributed by atoms with E-state index in [1.807, 2.05) is 6.07 Å². The van der Waals surface area contributed by atoms with Crippen LogP contribution in [0.5, 0.6) is 0 Å². The lowest BCUT2D eigenvalue weighted by molar-refractivity contribution is 0.614. The van der Waals surface area contributed by atoms with Gasteiger partial charge < -0.3 is 5.32 Å². The summed E-state index contributed by atoms with van der Waals surface area (Å²) in [5.74, 6) is 0.326.